The fourth-order valence-electron chi connectivity index (χ4n) is 2.27. The summed E-state index contributed by atoms with van der Waals surface area (Å²) in [5.74, 6) is 0.642. The molecule has 1 unspecified atom stereocenters. The van der Waals surface area contributed by atoms with Crippen LogP contribution in [0, 0.1) is 6.92 Å². The second-order valence-corrected chi connectivity index (χ2v) is 5.44. The maximum absolute atomic E-state index is 11.5. The van der Waals surface area contributed by atoms with Gasteiger partial charge in [0, 0.05) is 11.5 Å². The van der Waals surface area contributed by atoms with Gasteiger partial charge in [-0.25, -0.2) is 4.98 Å². The number of carbonyl (C=O) groups is 1. The van der Waals surface area contributed by atoms with Gasteiger partial charge in [-0.1, -0.05) is 44.5 Å². The molecule has 0 saturated heterocycles. The molecule has 1 aromatic heterocycles. The lowest BCUT2D eigenvalue weighted by molar-refractivity contribution is -0.118. The summed E-state index contributed by atoms with van der Waals surface area (Å²) in [4.78, 5) is 16.0. The smallest absolute Gasteiger partial charge is 0.227 e. The van der Waals surface area contributed by atoms with Gasteiger partial charge in [-0.05, 0) is 43.7 Å². The van der Waals surface area contributed by atoms with Crippen molar-refractivity contribution in [1.82, 2.24) is 4.98 Å². The second kappa shape index (κ2) is 7.23. The third-order valence-electron chi connectivity index (χ3n) is 3.82. The van der Waals surface area contributed by atoms with Crippen molar-refractivity contribution in [2.24, 2.45) is 0 Å². The molecule has 2 aromatic carbocycles. The normalized spacial score (nSPS) is 11.7. The first-order valence-corrected chi connectivity index (χ1v) is 8.02. The van der Waals surface area contributed by atoms with Crippen molar-refractivity contribution in [3.8, 4) is 11.5 Å². The number of benzene rings is 2. The molecule has 1 heterocycles. The fourth-order valence-corrected chi connectivity index (χ4v) is 2.27. The van der Waals surface area contributed by atoms with Gasteiger partial charge >= 0.3 is 0 Å². The summed E-state index contributed by atoms with van der Waals surface area (Å²) in [6.45, 7) is 9.56. The van der Waals surface area contributed by atoms with Crippen LogP contribution in [0.4, 0.5) is 0 Å². The van der Waals surface area contributed by atoms with E-state index in [0.29, 0.717) is 5.89 Å². The van der Waals surface area contributed by atoms with Crippen LogP contribution in [0.1, 0.15) is 44.7 Å². The van der Waals surface area contributed by atoms with Gasteiger partial charge in [0.2, 0.25) is 5.89 Å². The Labute approximate surface area is 137 Å². The molecular weight excluding hydrogens is 286 g/mol. The van der Waals surface area contributed by atoms with Gasteiger partial charge in [0.1, 0.15) is 11.3 Å². The topological polar surface area (TPSA) is 43.1 Å². The molecule has 3 rings (SSSR count). The van der Waals surface area contributed by atoms with E-state index in [-0.39, 0.29) is 11.7 Å². The van der Waals surface area contributed by atoms with Crippen molar-refractivity contribution in [1.29, 1.82) is 0 Å². The Morgan fingerprint density at radius 2 is 1.74 bits per heavy atom. The van der Waals surface area contributed by atoms with Crippen molar-refractivity contribution < 1.29 is 9.21 Å². The molecule has 0 N–H and O–H groups in total. The van der Waals surface area contributed by atoms with Crippen LogP contribution in [0.25, 0.3) is 22.6 Å². The zero-order valence-corrected chi connectivity index (χ0v) is 14.4. The van der Waals surface area contributed by atoms with Gasteiger partial charge in [-0.15, -0.1) is 0 Å². The molecule has 120 valence electrons. The average molecular weight is 309 g/mol. The van der Waals surface area contributed by atoms with Gasteiger partial charge in [-0.3, -0.25) is 4.79 Å². The molecule has 23 heavy (non-hydrogen) atoms. The first-order valence-electron chi connectivity index (χ1n) is 8.02. The molecule has 3 nitrogen and oxygen atoms in total. The summed E-state index contributed by atoms with van der Waals surface area (Å²) in [6, 6.07) is 13.8. The molecule has 0 amide bonds. The van der Waals surface area contributed by atoms with Crippen LogP contribution in [0.15, 0.2) is 46.9 Å². The lowest BCUT2D eigenvalue weighted by atomic mass is 9.97. The molecule has 0 aliphatic heterocycles. The lowest BCUT2D eigenvalue weighted by Crippen LogP contribution is -2.03. The standard InChI is InChI=1S/C18H17NO2.C2H6/c1-11-4-6-14(7-5-11)18-19-16-10-15(12(2)13(3)20)8-9-17(16)21-18;1-2/h4-10,12H,1-3H3;1-2H3. The molecule has 0 aliphatic rings. The monoisotopic (exact) mass is 309 g/mol. The van der Waals surface area contributed by atoms with E-state index in [1.54, 1.807) is 6.92 Å². The van der Waals surface area contributed by atoms with Gasteiger partial charge in [0.25, 0.3) is 0 Å². The predicted molar refractivity (Wildman–Crippen MR) is 94.6 cm³/mol. The molecule has 0 saturated carbocycles. The molecule has 3 aromatic rings. The van der Waals surface area contributed by atoms with Crippen LogP contribution < -0.4 is 0 Å². The zero-order chi connectivity index (χ0) is 17.0. The van der Waals surface area contributed by atoms with Gasteiger partial charge in [-0.2, -0.15) is 0 Å². The van der Waals surface area contributed by atoms with Crippen LogP contribution in [-0.4, -0.2) is 10.8 Å². The number of aromatic nitrogens is 1. The number of Topliss-reactive ketones (excluding diaryl/α,β-unsaturated/α-hetero) is 1. The van der Waals surface area contributed by atoms with Crippen LogP contribution in [0.5, 0.6) is 0 Å². The van der Waals surface area contributed by atoms with E-state index in [1.807, 2.05) is 70.2 Å². The number of carbonyl (C=O) groups excluding carboxylic acids is 1. The predicted octanol–water partition coefficient (Wildman–Crippen LogP) is 5.52. The number of rotatable bonds is 3. The van der Waals surface area contributed by atoms with Gasteiger partial charge < -0.3 is 4.42 Å². The van der Waals surface area contributed by atoms with Crippen molar-refractivity contribution >= 4 is 16.9 Å². The number of fused-ring (bicyclic) bond motifs is 1. The molecule has 0 aliphatic carbocycles. The number of hydrogen-bond acceptors (Lipinski definition) is 3. The molecule has 0 fully saturated rings. The van der Waals surface area contributed by atoms with Crippen molar-refractivity contribution in [2.75, 3.05) is 0 Å². The molecule has 0 radical (unpaired) electrons. The molecule has 0 bridgehead atoms. The SMILES string of the molecule is CC.CC(=O)C(C)c1ccc2oc(-c3ccc(C)cc3)nc2c1. The Morgan fingerprint density at radius 3 is 2.35 bits per heavy atom. The minimum absolute atomic E-state index is 0.117. The van der Waals surface area contributed by atoms with E-state index in [9.17, 15) is 4.79 Å². The van der Waals surface area contributed by atoms with Crippen LogP contribution in [0.2, 0.25) is 0 Å². The van der Waals surface area contributed by atoms with E-state index < -0.39 is 0 Å². The van der Waals surface area contributed by atoms with Crippen LogP contribution >= 0.6 is 0 Å². The highest BCUT2D eigenvalue weighted by Crippen LogP contribution is 2.27. The van der Waals surface area contributed by atoms with E-state index >= 15 is 0 Å². The molecule has 0 spiro atoms. The van der Waals surface area contributed by atoms with Crippen LogP contribution in [-0.2, 0) is 4.79 Å². The second-order valence-electron chi connectivity index (χ2n) is 5.44. The molecular formula is C20H23NO2. The number of nitrogens with zero attached hydrogens (tertiary/aromatic N) is 1. The maximum atomic E-state index is 11.5. The number of oxazole rings is 1. The van der Waals surface area contributed by atoms with Gasteiger partial charge in [0.15, 0.2) is 5.58 Å². The quantitative estimate of drug-likeness (QED) is 0.639. The minimum atomic E-state index is -0.117. The Kier molecular flexibility index (Phi) is 5.32. The zero-order valence-electron chi connectivity index (χ0n) is 14.4. The van der Waals surface area contributed by atoms with Crippen molar-refractivity contribution in [3.05, 3.63) is 53.6 Å². The number of ketones is 1. The summed E-state index contributed by atoms with van der Waals surface area (Å²) in [5.41, 5.74) is 4.66. The Balaban J connectivity index is 0.000000924. The summed E-state index contributed by atoms with van der Waals surface area (Å²) in [6.07, 6.45) is 0. The highest BCUT2D eigenvalue weighted by molar-refractivity contribution is 5.85. The maximum Gasteiger partial charge on any atom is 0.227 e. The van der Waals surface area contributed by atoms with Crippen LogP contribution in [0.3, 0.4) is 0 Å². The van der Waals surface area contributed by atoms with Crippen molar-refractivity contribution in [2.45, 2.75) is 40.5 Å². The summed E-state index contributed by atoms with van der Waals surface area (Å²) in [7, 11) is 0. The van der Waals surface area contributed by atoms with E-state index in [0.717, 1.165) is 22.2 Å². The number of aryl methyl sites for hydroxylation is 1. The largest absolute Gasteiger partial charge is 0.436 e. The Morgan fingerprint density at radius 1 is 1.09 bits per heavy atom. The van der Waals surface area contributed by atoms with E-state index in [1.165, 1.54) is 5.56 Å². The summed E-state index contributed by atoms with van der Waals surface area (Å²) in [5, 5.41) is 0. The summed E-state index contributed by atoms with van der Waals surface area (Å²) < 4.78 is 5.79. The first-order chi connectivity index (χ1) is 11.0. The Bertz CT molecular complexity index is 800. The van der Waals surface area contributed by atoms with Crippen molar-refractivity contribution in [3.63, 3.8) is 0 Å². The van der Waals surface area contributed by atoms with Gasteiger partial charge in [0.05, 0.1) is 0 Å². The molecule has 1 atom stereocenters. The summed E-state index contributed by atoms with van der Waals surface area (Å²) >= 11 is 0. The third kappa shape index (κ3) is 3.67. The van der Waals surface area contributed by atoms with E-state index in [4.69, 9.17) is 4.42 Å². The molecule has 3 heteroatoms. The van der Waals surface area contributed by atoms with E-state index in [2.05, 4.69) is 4.98 Å². The highest BCUT2D eigenvalue weighted by Gasteiger charge is 2.14. The average Bonchev–Trinajstić information content (AvgIpc) is 2.99. The Hall–Kier alpha value is -2.42. The highest BCUT2D eigenvalue weighted by atomic mass is 16.3. The number of hydrogen-bond donors (Lipinski definition) is 0. The minimum Gasteiger partial charge on any atom is -0.436 e. The lowest BCUT2D eigenvalue weighted by Gasteiger charge is -2.06. The third-order valence-corrected chi connectivity index (χ3v) is 3.82. The fraction of sp³-hybridized carbons (Fsp3) is 0.300. The first kappa shape index (κ1) is 16.9.